The topological polar surface area (TPSA) is 59.4 Å². The number of carboxylic acids is 1. The number of aromatic nitrogens is 1. The number of carbonyl (C=O) groups is 1. The fourth-order valence-electron chi connectivity index (χ4n) is 1.69. The van der Waals surface area contributed by atoms with E-state index in [1.165, 1.54) is 13.2 Å². The van der Waals surface area contributed by atoms with Crippen LogP contribution in [0, 0.1) is 0 Å². The Morgan fingerprint density at radius 1 is 1.33 bits per heavy atom. The van der Waals surface area contributed by atoms with Gasteiger partial charge < -0.3 is 9.84 Å². The van der Waals surface area contributed by atoms with Crippen molar-refractivity contribution in [1.82, 2.24) is 4.98 Å². The molecule has 0 atom stereocenters. The van der Waals surface area contributed by atoms with Gasteiger partial charge in [-0.05, 0) is 18.2 Å². The molecule has 0 fully saturated rings. The average Bonchev–Trinajstić information content (AvgIpc) is 2.38. The Morgan fingerprint density at radius 3 is 2.78 bits per heavy atom. The quantitative estimate of drug-likeness (QED) is 0.924. The number of methoxy groups -OCH3 is 1. The van der Waals surface area contributed by atoms with E-state index in [1.807, 2.05) is 0 Å². The van der Waals surface area contributed by atoms with Gasteiger partial charge in [0.25, 0.3) is 0 Å². The van der Waals surface area contributed by atoms with Crippen LogP contribution in [0.4, 0.5) is 0 Å². The number of aromatic carboxylic acids is 1. The van der Waals surface area contributed by atoms with Crippen molar-refractivity contribution >= 4 is 17.6 Å². The molecule has 5 heteroatoms. The molecule has 2 rings (SSSR count). The lowest BCUT2D eigenvalue weighted by atomic mass is 10.0. The van der Waals surface area contributed by atoms with Gasteiger partial charge in [0, 0.05) is 28.5 Å². The highest BCUT2D eigenvalue weighted by atomic mass is 35.5. The molecule has 0 aliphatic rings. The first-order valence-corrected chi connectivity index (χ1v) is 5.52. The highest BCUT2D eigenvalue weighted by Gasteiger charge is 2.15. The summed E-state index contributed by atoms with van der Waals surface area (Å²) in [5.41, 5.74) is 1.26. The molecule has 4 nitrogen and oxygen atoms in total. The van der Waals surface area contributed by atoms with E-state index in [4.69, 9.17) is 16.3 Å². The van der Waals surface area contributed by atoms with Gasteiger partial charge in [-0.15, -0.1) is 0 Å². The summed E-state index contributed by atoms with van der Waals surface area (Å²) in [5.74, 6) is -0.478. The Hall–Kier alpha value is -2.07. The Bertz CT molecular complexity index is 599. The predicted octanol–water partition coefficient (Wildman–Crippen LogP) is 3.11. The van der Waals surface area contributed by atoms with Gasteiger partial charge in [-0.1, -0.05) is 17.7 Å². The van der Waals surface area contributed by atoms with E-state index in [9.17, 15) is 9.90 Å². The second-order valence-corrected chi connectivity index (χ2v) is 4.01. The number of halogens is 1. The second-order valence-electron chi connectivity index (χ2n) is 3.57. The molecule has 1 aromatic heterocycles. The summed E-state index contributed by atoms with van der Waals surface area (Å²) in [5, 5.41) is 9.57. The molecule has 1 aromatic carbocycles. The number of carboxylic acid groups (broad SMARTS) is 1. The van der Waals surface area contributed by atoms with Crippen molar-refractivity contribution < 1.29 is 14.6 Å². The van der Waals surface area contributed by atoms with Crippen LogP contribution in [-0.2, 0) is 0 Å². The first kappa shape index (κ1) is 12.4. The van der Waals surface area contributed by atoms with E-state index in [2.05, 4.69) is 4.98 Å². The number of pyridine rings is 1. The lowest BCUT2D eigenvalue weighted by Gasteiger charge is -2.10. The predicted molar refractivity (Wildman–Crippen MR) is 68.2 cm³/mol. The number of benzene rings is 1. The van der Waals surface area contributed by atoms with Gasteiger partial charge in [-0.2, -0.15) is 0 Å². The summed E-state index contributed by atoms with van der Waals surface area (Å²) in [7, 11) is 1.52. The molecular formula is C13H10ClNO3. The molecule has 0 saturated heterocycles. The smallest absolute Gasteiger partial charge is 0.336 e. The van der Waals surface area contributed by atoms with Gasteiger partial charge in [0.2, 0.25) is 0 Å². The van der Waals surface area contributed by atoms with Crippen molar-refractivity contribution in [3.63, 3.8) is 0 Å². The first-order chi connectivity index (χ1) is 8.63. The van der Waals surface area contributed by atoms with Gasteiger partial charge in [0.15, 0.2) is 0 Å². The van der Waals surface area contributed by atoms with Gasteiger partial charge in [0.05, 0.1) is 12.7 Å². The molecule has 0 radical (unpaired) electrons. The van der Waals surface area contributed by atoms with Crippen LogP contribution in [0.5, 0.6) is 5.75 Å². The van der Waals surface area contributed by atoms with Crippen LogP contribution in [0.3, 0.4) is 0 Å². The molecule has 0 unspecified atom stereocenters. The lowest BCUT2D eigenvalue weighted by molar-refractivity contribution is 0.0697. The number of ether oxygens (including phenoxy) is 1. The van der Waals surface area contributed by atoms with Crippen molar-refractivity contribution in [3.05, 3.63) is 47.2 Å². The van der Waals surface area contributed by atoms with Crippen molar-refractivity contribution in [3.8, 4) is 16.9 Å². The third-order valence-electron chi connectivity index (χ3n) is 2.50. The lowest BCUT2D eigenvalue weighted by Crippen LogP contribution is -2.00. The van der Waals surface area contributed by atoms with Crippen LogP contribution in [0.25, 0.3) is 11.1 Å². The third kappa shape index (κ3) is 2.28. The minimum absolute atomic E-state index is 0.119. The Balaban J connectivity index is 2.67. The largest absolute Gasteiger partial charge is 0.496 e. The molecule has 0 saturated carbocycles. The molecule has 1 N–H and O–H groups in total. The van der Waals surface area contributed by atoms with Crippen molar-refractivity contribution in [1.29, 1.82) is 0 Å². The van der Waals surface area contributed by atoms with Gasteiger partial charge in [-0.25, -0.2) is 4.79 Å². The minimum atomic E-state index is -1.04. The SMILES string of the molecule is COc1ccncc1-c1ccc(Cl)cc1C(=O)O. The number of rotatable bonds is 3. The van der Waals surface area contributed by atoms with Crippen molar-refractivity contribution in [2.24, 2.45) is 0 Å². The highest BCUT2D eigenvalue weighted by Crippen LogP contribution is 2.32. The summed E-state index contributed by atoms with van der Waals surface area (Å²) >= 11 is 5.81. The van der Waals surface area contributed by atoms with Crippen LogP contribution < -0.4 is 4.74 Å². The van der Waals surface area contributed by atoms with Crippen LogP contribution in [0.2, 0.25) is 5.02 Å². The van der Waals surface area contributed by atoms with Gasteiger partial charge in [0.1, 0.15) is 5.75 Å². The number of hydrogen-bond donors (Lipinski definition) is 1. The molecule has 0 aliphatic heterocycles. The highest BCUT2D eigenvalue weighted by molar-refractivity contribution is 6.31. The van der Waals surface area contributed by atoms with Crippen LogP contribution in [0.15, 0.2) is 36.7 Å². The fourth-order valence-corrected chi connectivity index (χ4v) is 1.86. The molecule has 0 amide bonds. The first-order valence-electron chi connectivity index (χ1n) is 5.14. The summed E-state index contributed by atoms with van der Waals surface area (Å²) in [6.45, 7) is 0. The monoisotopic (exact) mass is 263 g/mol. The van der Waals surface area contributed by atoms with Gasteiger partial charge in [-0.3, -0.25) is 4.98 Å². The molecule has 92 valence electrons. The summed E-state index contributed by atoms with van der Waals surface area (Å²) < 4.78 is 5.20. The van der Waals surface area contributed by atoms with E-state index in [0.717, 1.165) is 0 Å². The number of hydrogen-bond acceptors (Lipinski definition) is 3. The van der Waals surface area contributed by atoms with E-state index in [0.29, 0.717) is 21.9 Å². The van der Waals surface area contributed by atoms with E-state index < -0.39 is 5.97 Å². The summed E-state index contributed by atoms with van der Waals surface area (Å²) in [6, 6.07) is 6.36. The minimum Gasteiger partial charge on any atom is -0.496 e. The van der Waals surface area contributed by atoms with Crippen molar-refractivity contribution in [2.75, 3.05) is 7.11 Å². The third-order valence-corrected chi connectivity index (χ3v) is 2.74. The Labute approximate surface area is 109 Å². The van der Waals surface area contributed by atoms with Crippen LogP contribution in [-0.4, -0.2) is 23.2 Å². The Kier molecular flexibility index (Phi) is 3.48. The maximum Gasteiger partial charge on any atom is 0.336 e. The zero-order valence-electron chi connectivity index (χ0n) is 9.55. The van der Waals surface area contributed by atoms with Crippen molar-refractivity contribution in [2.45, 2.75) is 0 Å². The molecule has 0 bridgehead atoms. The molecule has 1 heterocycles. The summed E-state index contributed by atoms with van der Waals surface area (Å²) in [6.07, 6.45) is 3.15. The normalized spacial score (nSPS) is 10.1. The maximum absolute atomic E-state index is 11.2. The summed E-state index contributed by atoms with van der Waals surface area (Å²) in [4.78, 5) is 15.2. The fraction of sp³-hybridized carbons (Fsp3) is 0.0769. The maximum atomic E-state index is 11.2. The number of nitrogens with zero attached hydrogens (tertiary/aromatic N) is 1. The van der Waals surface area contributed by atoms with Crippen LogP contribution in [0.1, 0.15) is 10.4 Å². The van der Waals surface area contributed by atoms with E-state index in [-0.39, 0.29) is 5.56 Å². The molecule has 2 aromatic rings. The zero-order valence-corrected chi connectivity index (χ0v) is 10.3. The van der Waals surface area contributed by atoms with E-state index in [1.54, 1.807) is 30.6 Å². The molecule has 0 spiro atoms. The molecular weight excluding hydrogens is 254 g/mol. The second kappa shape index (κ2) is 5.06. The van der Waals surface area contributed by atoms with E-state index >= 15 is 0 Å². The average molecular weight is 264 g/mol. The molecule has 18 heavy (non-hydrogen) atoms. The molecule has 0 aliphatic carbocycles. The Morgan fingerprint density at radius 2 is 2.11 bits per heavy atom. The standard InChI is InChI=1S/C13H10ClNO3/c1-18-12-4-5-15-7-11(12)9-3-2-8(14)6-10(9)13(16)17/h2-7H,1H3,(H,16,17). The van der Waals surface area contributed by atoms with Gasteiger partial charge >= 0.3 is 5.97 Å². The zero-order chi connectivity index (χ0) is 13.1. The van der Waals surface area contributed by atoms with Crippen LogP contribution >= 0.6 is 11.6 Å².